The average molecular weight is 197 g/mol. The summed E-state index contributed by atoms with van der Waals surface area (Å²) in [6.45, 7) is 9.73. The Labute approximate surface area is 89.9 Å². The maximum Gasteiger partial charge on any atom is 0.0119 e. The number of hydrogen-bond acceptors (Lipinski definition) is 1. The van der Waals surface area contributed by atoms with Gasteiger partial charge in [-0.15, -0.1) is 0 Å². The van der Waals surface area contributed by atoms with Crippen LogP contribution < -0.4 is 0 Å². The van der Waals surface area contributed by atoms with Crippen LogP contribution in [0.2, 0.25) is 0 Å². The Morgan fingerprint density at radius 2 is 2.00 bits per heavy atom. The second-order valence-corrected chi connectivity index (χ2v) is 5.05. The molecule has 1 heteroatoms. The molecule has 1 aliphatic rings. The van der Waals surface area contributed by atoms with E-state index in [1.54, 1.807) is 0 Å². The van der Waals surface area contributed by atoms with Crippen molar-refractivity contribution in [2.24, 2.45) is 5.92 Å². The molecular weight excluding hydrogens is 170 g/mol. The molecule has 0 aromatic heterocycles. The van der Waals surface area contributed by atoms with E-state index in [9.17, 15) is 0 Å². The van der Waals surface area contributed by atoms with Gasteiger partial charge in [0.05, 0.1) is 0 Å². The van der Waals surface area contributed by atoms with Crippen molar-refractivity contribution in [2.45, 2.75) is 65.3 Å². The first-order chi connectivity index (χ1) is 6.75. The number of nitrogens with zero attached hydrogens (tertiary/aromatic N) is 1. The van der Waals surface area contributed by atoms with Gasteiger partial charge in [0.1, 0.15) is 0 Å². The van der Waals surface area contributed by atoms with Crippen molar-refractivity contribution >= 4 is 0 Å². The SMILES string of the molecule is CCCCCCN1CCCC1C(C)C. The fourth-order valence-electron chi connectivity index (χ4n) is 2.63. The third-order valence-corrected chi connectivity index (χ3v) is 3.48. The van der Waals surface area contributed by atoms with E-state index in [1.165, 1.54) is 51.6 Å². The zero-order chi connectivity index (χ0) is 10.4. The van der Waals surface area contributed by atoms with Crippen molar-refractivity contribution < 1.29 is 0 Å². The molecule has 1 atom stereocenters. The Morgan fingerprint density at radius 3 is 2.64 bits per heavy atom. The van der Waals surface area contributed by atoms with Crippen molar-refractivity contribution in [2.75, 3.05) is 13.1 Å². The Bertz CT molecular complexity index is 142. The van der Waals surface area contributed by atoms with Crippen LogP contribution in [0.1, 0.15) is 59.3 Å². The second-order valence-electron chi connectivity index (χ2n) is 5.05. The molecule has 14 heavy (non-hydrogen) atoms. The smallest absolute Gasteiger partial charge is 0.0119 e. The summed E-state index contributed by atoms with van der Waals surface area (Å²) in [5, 5.41) is 0. The summed E-state index contributed by atoms with van der Waals surface area (Å²) < 4.78 is 0. The van der Waals surface area contributed by atoms with E-state index in [-0.39, 0.29) is 0 Å². The normalized spacial score (nSPS) is 23.6. The van der Waals surface area contributed by atoms with Gasteiger partial charge in [0, 0.05) is 6.04 Å². The minimum atomic E-state index is 0.851. The summed E-state index contributed by atoms with van der Waals surface area (Å²) >= 11 is 0. The monoisotopic (exact) mass is 197 g/mol. The molecule has 0 amide bonds. The highest BCUT2D eigenvalue weighted by Crippen LogP contribution is 2.23. The quantitative estimate of drug-likeness (QED) is 0.587. The number of rotatable bonds is 6. The van der Waals surface area contributed by atoms with Gasteiger partial charge < -0.3 is 4.90 Å². The molecule has 0 aromatic carbocycles. The van der Waals surface area contributed by atoms with Gasteiger partial charge in [-0.25, -0.2) is 0 Å². The van der Waals surface area contributed by atoms with Gasteiger partial charge in [-0.05, 0) is 38.3 Å². The van der Waals surface area contributed by atoms with Gasteiger partial charge in [0.2, 0.25) is 0 Å². The van der Waals surface area contributed by atoms with E-state index in [0.29, 0.717) is 0 Å². The standard InChI is InChI=1S/C13H27N/c1-4-5-6-7-10-14-11-8-9-13(14)12(2)3/h12-13H,4-11H2,1-3H3. The largest absolute Gasteiger partial charge is 0.300 e. The molecule has 84 valence electrons. The fraction of sp³-hybridized carbons (Fsp3) is 1.00. The maximum atomic E-state index is 2.72. The van der Waals surface area contributed by atoms with Crippen LogP contribution in [0.25, 0.3) is 0 Å². The van der Waals surface area contributed by atoms with Gasteiger partial charge in [-0.3, -0.25) is 0 Å². The third-order valence-electron chi connectivity index (χ3n) is 3.48. The predicted molar refractivity (Wildman–Crippen MR) is 63.6 cm³/mol. The summed E-state index contributed by atoms with van der Waals surface area (Å²) in [4.78, 5) is 2.72. The number of unbranched alkanes of at least 4 members (excludes halogenated alkanes) is 3. The van der Waals surface area contributed by atoms with Gasteiger partial charge in [-0.2, -0.15) is 0 Å². The second kappa shape index (κ2) is 6.44. The molecule has 0 aromatic rings. The van der Waals surface area contributed by atoms with Crippen molar-refractivity contribution in [3.8, 4) is 0 Å². The van der Waals surface area contributed by atoms with Crippen molar-refractivity contribution in [1.29, 1.82) is 0 Å². The summed E-state index contributed by atoms with van der Waals surface area (Å²) in [6, 6.07) is 0.886. The molecule has 1 rings (SSSR count). The van der Waals surface area contributed by atoms with E-state index in [1.807, 2.05) is 0 Å². The van der Waals surface area contributed by atoms with E-state index in [2.05, 4.69) is 25.7 Å². The first-order valence-corrected chi connectivity index (χ1v) is 6.49. The van der Waals surface area contributed by atoms with Crippen molar-refractivity contribution in [3.63, 3.8) is 0 Å². The molecule has 1 saturated heterocycles. The lowest BCUT2D eigenvalue weighted by Gasteiger charge is -2.27. The number of likely N-dealkylation sites (tertiary alicyclic amines) is 1. The predicted octanol–water partition coefficient (Wildman–Crippen LogP) is 3.69. The minimum Gasteiger partial charge on any atom is -0.300 e. The first kappa shape index (κ1) is 12.0. The highest BCUT2D eigenvalue weighted by Gasteiger charge is 2.25. The molecule has 1 heterocycles. The summed E-state index contributed by atoms with van der Waals surface area (Å²) in [6.07, 6.45) is 8.48. The van der Waals surface area contributed by atoms with Crippen molar-refractivity contribution in [3.05, 3.63) is 0 Å². The maximum absolute atomic E-state index is 2.72. The topological polar surface area (TPSA) is 3.24 Å². The summed E-state index contributed by atoms with van der Waals surface area (Å²) in [5.41, 5.74) is 0. The molecule has 0 aliphatic carbocycles. The lowest BCUT2D eigenvalue weighted by Crippen LogP contribution is -2.34. The van der Waals surface area contributed by atoms with E-state index < -0.39 is 0 Å². The van der Waals surface area contributed by atoms with Crippen LogP contribution in [0.4, 0.5) is 0 Å². The lowest BCUT2D eigenvalue weighted by molar-refractivity contribution is 0.203. The molecule has 1 nitrogen and oxygen atoms in total. The minimum absolute atomic E-state index is 0.851. The van der Waals surface area contributed by atoms with Crippen molar-refractivity contribution in [1.82, 2.24) is 4.90 Å². The Morgan fingerprint density at radius 1 is 1.21 bits per heavy atom. The van der Waals surface area contributed by atoms with Crippen LogP contribution in [0, 0.1) is 5.92 Å². The molecule has 0 bridgehead atoms. The molecule has 1 aliphatic heterocycles. The number of hydrogen-bond donors (Lipinski definition) is 0. The molecule has 1 fully saturated rings. The Hall–Kier alpha value is -0.0400. The molecule has 0 saturated carbocycles. The third kappa shape index (κ3) is 3.61. The van der Waals surface area contributed by atoms with E-state index in [4.69, 9.17) is 0 Å². The molecule has 0 N–H and O–H groups in total. The molecule has 0 spiro atoms. The Balaban J connectivity index is 2.16. The van der Waals surface area contributed by atoms with Gasteiger partial charge >= 0.3 is 0 Å². The van der Waals surface area contributed by atoms with Crippen LogP contribution in [0.15, 0.2) is 0 Å². The van der Waals surface area contributed by atoms with Crippen LogP contribution in [0.3, 0.4) is 0 Å². The molecular formula is C13H27N. The fourth-order valence-corrected chi connectivity index (χ4v) is 2.63. The van der Waals surface area contributed by atoms with Crippen LogP contribution >= 0.6 is 0 Å². The summed E-state index contributed by atoms with van der Waals surface area (Å²) in [5.74, 6) is 0.851. The highest BCUT2D eigenvalue weighted by atomic mass is 15.2. The van der Waals surface area contributed by atoms with Crippen LogP contribution in [-0.2, 0) is 0 Å². The van der Waals surface area contributed by atoms with Gasteiger partial charge in [-0.1, -0.05) is 40.0 Å². The van der Waals surface area contributed by atoms with Crippen LogP contribution in [0.5, 0.6) is 0 Å². The van der Waals surface area contributed by atoms with E-state index in [0.717, 1.165) is 12.0 Å². The zero-order valence-electron chi connectivity index (χ0n) is 10.3. The first-order valence-electron chi connectivity index (χ1n) is 6.49. The lowest BCUT2D eigenvalue weighted by atomic mass is 10.0. The van der Waals surface area contributed by atoms with Crippen LogP contribution in [-0.4, -0.2) is 24.0 Å². The zero-order valence-corrected chi connectivity index (χ0v) is 10.3. The molecule has 0 radical (unpaired) electrons. The summed E-state index contributed by atoms with van der Waals surface area (Å²) in [7, 11) is 0. The molecule has 1 unspecified atom stereocenters. The van der Waals surface area contributed by atoms with Gasteiger partial charge in [0.15, 0.2) is 0 Å². The Kier molecular flexibility index (Phi) is 5.54. The highest BCUT2D eigenvalue weighted by molar-refractivity contribution is 4.81. The van der Waals surface area contributed by atoms with Gasteiger partial charge in [0.25, 0.3) is 0 Å². The van der Waals surface area contributed by atoms with E-state index >= 15 is 0 Å². The average Bonchev–Trinajstić information content (AvgIpc) is 2.60.